The van der Waals surface area contributed by atoms with Crippen molar-refractivity contribution >= 4 is 21.5 Å². The molecular formula is C41H27N3. The fourth-order valence-electron chi connectivity index (χ4n) is 5.80. The molecular weight excluding hydrogens is 534 g/mol. The summed E-state index contributed by atoms with van der Waals surface area (Å²) < 4.78 is 0. The van der Waals surface area contributed by atoms with Gasteiger partial charge in [-0.25, -0.2) is 15.0 Å². The van der Waals surface area contributed by atoms with Crippen LogP contribution in [0.1, 0.15) is 0 Å². The first-order valence-corrected chi connectivity index (χ1v) is 14.8. The third-order valence-electron chi connectivity index (χ3n) is 8.14. The molecule has 8 aromatic rings. The first-order chi connectivity index (χ1) is 21.8. The normalized spacial score (nSPS) is 11.2. The van der Waals surface area contributed by atoms with E-state index in [0.29, 0.717) is 17.5 Å². The number of aromatic nitrogens is 3. The Morgan fingerprint density at radius 3 is 1.25 bits per heavy atom. The summed E-state index contributed by atoms with van der Waals surface area (Å²) in [7, 11) is 0. The molecule has 0 saturated carbocycles. The molecule has 0 aliphatic heterocycles. The summed E-state index contributed by atoms with van der Waals surface area (Å²) in [6, 6.07) is 57.0. The van der Waals surface area contributed by atoms with Crippen molar-refractivity contribution in [3.63, 3.8) is 0 Å². The van der Waals surface area contributed by atoms with Crippen molar-refractivity contribution in [3.8, 4) is 56.4 Å². The average molecular weight is 562 g/mol. The van der Waals surface area contributed by atoms with Crippen LogP contribution in [-0.2, 0) is 0 Å². The number of hydrogen-bond donors (Lipinski definition) is 0. The van der Waals surface area contributed by atoms with Crippen LogP contribution in [0.4, 0.5) is 0 Å². The Bertz CT molecular complexity index is 2240. The Balaban J connectivity index is 1.18. The maximum atomic E-state index is 4.99. The summed E-state index contributed by atoms with van der Waals surface area (Å²) >= 11 is 0. The standard InChI is InChI=1S/C41H27N3/c1-3-9-28(10-4-1)29-15-17-30(18-16-29)31-19-22-34(23-20-31)40-42-39(33-12-5-2-6-13-33)43-41(44-40)36-25-26-38-35(27-36)24-21-32-11-7-8-14-37(32)38/h1-27H. The van der Waals surface area contributed by atoms with Crippen molar-refractivity contribution in [1.29, 1.82) is 0 Å². The van der Waals surface area contributed by atoms with E-state index in [1.165, 1.54) is 32.8 Å². The Kier molecular flexibility index (Phi) is 6.47. The van der Waals surface area contributed by atoms with Crippen LogP contribution in [-0.4, -0.2) is 15.0 Å². The van der Waals surface area contributed by atoms with E-state index in [-0.39, 0.29) is 0 Å². The van der Waals surface area contributed by atoms with Gasteiger partial charge in [-0.2, -0.15) is 0 Å². The molecule has 8 rings (SSSR count). The predicted molar refractivity (Wildman–Crippen MR) is 182 cm³/mol. The first-order valence-electron chi connectivity index (χ1n) is 14.8. The third-order valence-corrected chi connectivity index (χ3v) is 8.14. The van der Waals surface area contributed by atoms with Crippen LogP contribution in [0.15, 0.2) is 164 Å². The van der Waals surface area contributed by atoms with Gasteiger partial charge in [0.05, 0.1) is 0 Å². The Hall–Kier alpha value is -5.93. The molecule has 0 N–H and O–H groups in total. The maximum absolute atomic E-state index is 4.99. The molecule has 0 aliphatic rings. The van der Waals surface area contributed by atoms with E-state index in [9.17, 15) is 0 Å². The summed E-state index contributed by atoms with van der Waals surface area (Å²) in [5, 5.41) is 4.86. The number of nitrogens with zero attached hydrogens (tertiary/aromatic N) is 3. The number of fused-ring (bicyclic) bond motifs is 3. The molecule has 0 amide bonds. The largest absolute Gasteiger partial charge is 0.208 e. The monoisotopic (exact) mass is 561 g/mol. The Morgan fingerprint density at radius 1 is 0.250 bits per heavy atom. The van der Waals surface area contributed by atoms with Gasteiger partial charge >= 0.3 is 0 Å². The third kappa shape index (κ3) is 4.91. The molecule has 206 valence electrons. The lowest BCUT2D eigenvalue weighted by Crippen LogP contribution is -2.00. The second kappa shape index (κ2) is 11.0. The maximum Gasteiger partial charge on any atom is 0.164 e. The smallest absolute Gasteiger partial charge is 0.164 e. The SMILES string of the molecule is c1ccc(-c2ccc(-c3ccc(-c4nc(-c5ccccc5)nc(-c5ccc6c(ccc7ccccc76)c5)n4)cc3)cc2)cc1. The Labute approximate surface area is 256 Å². The van der Waals surface area contributed by atoms with E-state index in [1.807, 2.05) is 36.4 Å². The summed E-state index contributed by atoms with van der Waals surface area (Å²) in [6.07, 6.45) is 0. The van der Waals surface area contributed by atoms with E-state index < -0.39 is 0 Å². The van der Waals surface area contributed by atoms with Gasteiger partial charge < -0.3 is 0 Å². The van der Waals surface area contributed by atoms with Gasteiger partial charge in [-0.3, -0.25) is 0 Å². The molecule has 44 heavy (non-hydrogen) atoms. The summed E-state index contributed by atoms with van der Waals surface area (Å²) in [5.74, 6) is 1.97. The van der Waals surface area contributed by atoms with Crippen molar-refractivity contribution in [2.24, 2.45) is 0 Å². The van der Waals surface area contributed by atoms with Crippen LogP contribution >= 0.6 is 0 Å². The topological polar surface area (TPSA) is 38.7 Å². The molecule has 3 heteroatoms. The van der Waals surface area contributed by atoms with Crippen LogP contribution in [0.25, 0.3) is 78.0 Å². The van der Waals surface area contributed by atoms with Crippen molar-refractivity contribution in [2.45, 2.75) is 0 Å². The van der Waals surface area contributed by atoms with Gasteiger partial charge in [0.1, 0.15) is 0 Å². The zero-order valence-electron chi connectivity index (χ0n) is 23.9. The molecule has 0 unspecified atom stereocenters. The minimum absolute atomic E-state index is 0.651. The van der Waals surface area contributed by atoms with Crippen LogP contribution in [0.3, 0.4) is 0 Å². The number of rotatable bonds is 5. The number of hydrogen-bond acceptors (Lipinski definition) is 3. The minimum atomic E-state index is 0.651. The summed E-state index contributed by atoms with van der Waals surface area (Å²) in [4.78, 5) is 14.9. The highest BCUT2D eigenvalue weighted by molar-refractivity contribution is 6.08. The number of benzene rings is 7. The quantitative estimate of drug-likeness (QED) is 0.196. The van der Waals surface area contributed by atoms with Crippen LogP contribution in [0.2, 0.25) is 0 Å². The molecule has 0 atom stereocenters. The van der Waals surface area contributed by atoms with Crippen molar-refractivity contribution < 1.29 is 0 Å². The lowest BCUT2D eigenvalue weighted by atomic mass is 9.99. The van der Waals surface area contributed by atoms with E-state index in [1.54, 1.807) is 0 Å². The second-order valence-corrected chi connectivity index (χ2v) is 10.9. The minimum Gasteiger partial charge on any atom is -0.208 e. The fraction of sp³-hybridized carbons (Fsp3) is 0. The first kappa shape index (κ1) is 25.8. The molecule has 0 fully saturated rings. The molecule has 0 radical (unpaired) electrons. The van der Waals surface area contributed by atoms with Crippen LogP contribution in [0.5, 0.6) is 0 Å². The highest BCUT2D eigenvalue weighted by atomic mass is 15.0. The summed E-state index contributed by atoms with van der Waals surface area (Å²) in [6.45, 7) is 0. The van der Waals surface area contributed by atoms with E-state index >= 15 is 0 Å². The second-order valence-electron chi connectivity index (χ2n) is 10.9. The molecule has 0 aliphatic carbocycles. The summed E-state index contributed by atoms with van der Waals surface area (Å²) in [5.41, 5.74) is 7.60. The highest BCUT2D eigenvalue weighted by Crippen LogP contribution is 2.31. The van der Waals surface area contributed by atoms with Crippen LogP contribution in [0, 0.1) is 0 Å². The predicted octanol–water partition coefficient (Wildman–Crippen LogP) is 10.5. The van der Waals surface area contributed by atoms with Gasteiger partial charge in [0.25, 0.3) is 0 Å². The van der Waals surface area contributed by atoms with E-state index in [4.69, 9.17) is 15.0 Å². The molecule has 0 bridgehead atoms. The molecule has 7 aromatic carbocycles. The molecule has 0 saturated heterocycles. The van der Waals surface area contributed by atoms with E-state index in [2.05, 4.69) is 127 Å². The Morgan fingerprint density at radius 2 is 0.636 bits per heavy atom. The molecule has 1 heterocycles. The molecule has 1 aromatic heterocycles. The van der Waals surface area contributed by atoms with Crippen molar-refractivity contribution in [2.75, 3.05) is 0 Å². The van der Waals surface area contributed by atoms with Gasteiger partial charge in [-0.1, -0.05) is 158 Å². The highest BCUT2D eigenvalue weighted by Gasteiger charge is 2.13. The van der Waals surface area contributed by atoms with Gasteiger partial charge in [0.2, 0.25) is 0 Å². The fourth-order valence-corrected chi connectivity index (χ4v) is 5.80. The van der Waals surface area contributed by atoms with Crippen molar-refractivity contribution in [1.82, 2.24) is 15.0 Å². The van der Waals surface area contributed by atoms with Gasteiger partial charge in [0, 0.05) is 16.7 Å². The van der Waals surface area contributed by atoms with E-state index in [0.717, 1.165) is 27.6 Å². The lowest BCUT2D eigenvalue weighted by molar-refractivity contribution is 1.07. The zero-order chi connectivity index (χ0) is 29.3. The average Bonchev–Trinajstić information content (AvgIpc) is 3.12. The van der Waals surface area contributed by atoms with Crippen LogP contribution < -0.4 is 0 Å². The molecule has 0 spiro atoms. The zero-order valence-corrected chi connectivity index (χ0v) is 23.9. The molecule has 3 nitrogen and oxygen atoms in total. The van der Waals surface area contributed by atoms with Gasteiger partial charge in [-0.15, -0.1) is 0 Å². The lowest BCUT2D eigenvalue weighted by Gasteiger charge is -2.10. The van der Waals surface area contributed by atoms with Gasteiger partial charge in [-0.05, 0) is 49.9 Å². The van der Waals surface area contributed by atoms with Crippen molar-refractivity contribution in [3.05, 3.63) is 164 Å². The van der Waals surface area contributed by atoms with Gasteiger partial charge in [0.15, 0.2) is 17.5 Å².